The van der Waals surface area contributed by atoms with Gasteiger partial charge in [-0.25, -0.2) is 0 Å². The maximum atomic E-state index is 11.9. The molecule has 2 unspecified atom stereocenters. The van der Waals surface area contributed by atoms with E-state index in [4.69, 9.17) is 0 Å². The van der Waals surface area contributed by atoms with E-state index < -0.39 is 0 Å². The van der Waals surface area contributed by atoms with Crippen LogP contribution in [0.1, 0.15) is 27.2 Å². The van der Waals surface area contributed by atoms with E-state index >= 15 is 0 Å². The van der Waals surface area contributed by atoms with Crippen molar-refractivity contribution in [2.24, 2.45) is 11.8 Å². The molecule has 1 amide bonds. The van der Waals surface area contributed by atoms with Crippen LogP contribution >= 0.6 is 12.4 Å². The number of amides is 1. The molecule has 18 heavy (non-hydrogen) atoms. The molecule has 0 aromatic rings. The van der Waals surface area contributed by atoms with Crippen LogP contribution in [0.4, 0.5) is 0 Å². The zero-order chi connectivity index (χ0) is 12.8. The van der Waals surface area contributed by atoms with Crippen molar-refractivity contribution in [3.63, 3.8) is 0 Å². The van der Waals surface area contributed by atoms with Crippen molar-refractivity contribution >= 4 is 18.3 Å². The van der Waals surface area contributed by atoms with Crippen molar-refractivity contribution in [3.8, 4) is 0 Å². The van der Waals surface area contributed by atoms with E-state index in [9.17, 15) is 4.79 Å². The minimum absolute atomic E-state index is 0. The first-order valence-electron chi connectivity index (χ1n) is 6.71. The van der Waals surface area contributed by atoms with Gasteiger partial charge >= 0.3 is 0 Å². The number of halogens is 1. The molecule has 0 aromatic heterocycles. The van der Waals surface area contributed by atoms with Crippen LogP contribution in [0.3, 0.4) is 0 Å². The molecule has 0 radical (unpaired) electrons. The predicted octanol–water partition coefficient (Wildman–Crippen LogP) is 1.11. The van der Waals surface area contributed by atoms with Gasteiger partial charge in [0.2, 0.25) is 5.91 Å². The molecule has 0 aliphatic carbocycles. The molecule has 1 aliphatic heterocycles. The second-order valence-electron chi connectivity index (χ2n) is 5.52. The lowest BCUT2D eigenvalue weighted by Gasteiger charge is -2.24. The van der Waals surface area contributed by atoms with Gasteiger partial charge in [0.25, 0.3) is 0 Å². The molecule has 2 atom stereocenters. The fourth-order valence-corrected chi connectivity index (χ4v) is 2.29. The standard InChI is InChI=1S/C13H27N3O.ClH/c1-10(2)7-15-13(17)11(3)16-6-5-12(9-16)8-14-4;/h10-12,14H,5-9H2,1-4H3,(H,15,17);1H. The molecule has 5 heteroatoms. The Balaban J connectivity index is 0.00000289. The van der Waals surface area contributed by atoms with Gasteiger partial charge in [0.1, 0.15) is 0 Å². The molecule has 108 valence electrons. The van der Waals surface area contributed by atoms with Crippen LogP contribution in [0.5, 0.6) is 0 Å². The number of carbonyl (C=O) groups excluding carboxylic acids is 1. The lowest BCUT2D eigenvalue weighted by molar-refractivity contribution is -0.125. The minimum atomic E-state index is 0. The molecule has 1 rings (SSSR count). The Labute approximate surface area is 117 Å². The number of nitrogens with one attached hydrogen (secondary N) is 2. The monoisotopic (exact) mass is 277 g/mol. The van der Waals surface area contributed by atoms with Crippen molar-refractivity contribution in [1.82, 2.24) is 15.5 Å². The number of carbonyl (C=O) groups is 1. The van der Waals surface area contributed by atoms with Crippen LogP contribution in [-0.2, 0) is 4.79 Å². The molecule has 0 bridgehead atoms. The molecular weight excluding hydrogens is 250 g/mol. The first kappa shape index (κ1) is 17.7. The topological polar surface area (TPSA) is 44.4 Å². The third kappa shape index (κ3) is 5.55. The van der Waals surface area contributed by atoms with Crippen LogP contribution in [-0.4, -0.2) is 50.1 Å². The SMILES string of the molecule is CNCC1CCN(C(C)C(=O)NCC(C)C)C1.Cl. The second kappa shape index (κ2) is 8.73. The van der Waals surface area contributed by atoms with E-state index in [0.29, 0.717) is 11.8 Å². The van der Waals surface area contributed by atoms with Gasteiger partial charge in [-0.05, 0) is 45.3 Å². The lowest BCUT2D eigenvalue weighted by Crippen LogP contribution is -2.45. The highest BCUT2D eigenvalue weighted by atomic mass is 35.5. The molecule has 0 saturated carbocycles. The summed E-state index contributed by atoms with van der Waals surface area (Å²) >= 11 is 0. The van der Waals surface area contributed by atoms with Gasteiger partial charge in [0, 0.05) is 13.1 Å². The molecule has 1 saturated heterocycles. The summed E-state index contributed by atoms with van der Waals surface area (Å²) in [5.41, 5.74) is 0. The van der Waals surface area contributed by atoms with Crippen LogP contribution in [0, 0.1) is 11.8 Å². The number of hydrogen-bond donors (Lipinski definition) is 2. The summed E-state index contributed by atoms with van der Waals surface area (Å²) in [6.45, 7) is 10.2. The van der Waals surface area contributed by atoms with Gasteiger partial charge in [-0.15, -0.1) is 12.4 Å². The Morgan fingerprint density at radius 2 is 2.06 bits per heavy atom. The van der Waals surface area contributed by atoms with Gasteiger partial charge in [-0.1, -0.05) is 13.8 Å². The van der Waals surface area contributed by atoms with Crippen molar-refractivity contribution < 1.29 is 4.79 Å². The maximum Gasteiger partial charge on any atom is 0.237 e. The van der Waals surface area contributed by atoms with E-state index in [0.717, 1.165) is 26.2 Å². The highest BCUT2D eigenvalue weighted by Gasteiger charge is 2.28. The summed E-state index contributed by atoms with van der Waals surface area (Å²) < 4.78 is 0. The van der Waals surface area contributed by atoms with Crippen LogP contribution in [0.15, 0.2) is 0 Å². The van der Waals surface area contributed by atoms with E-state index in [1.54, 1.807) is 0 Å². The highest BCUT2D eigenvalue weighted by Crippen LogP contribution is 2.17. The Morgan fingerprint density at radius 1 is 1.39 bits per heavy atom. The van der Waals surface area contributed by atoms with Crippen LogP contribution in [0.2, 0.25) is 0 Å². The Kier molecular flexibility index (Phi) is 8.57. The molecule has 0 spiro atoms. The van der Waals surface area contributed by atoms with E-state index in [-0.39, 0.29) is 24.4 Å². The van der Waals surface area contributed by atoms with Crippen molar-refractivity contribution in [3.05, 3.63) is 0 Å². The van der Waals surface area contributed by atoms with Crippen molar-refractivity contribution in [2.45, 2.75) is 33.2 Å². The first-order valence-corrected chi connectivity index (χ1v) is 6.71. The van der Waals surface area contributed by atoms with Gasteiger partial charge in [-0.3, -0.25) is 9.69 Å². The fraction of sp³-hybridized carbons (Fsp3) is 0.923. The second-order valence-corrected chi connectivity index (χ2v) is 5.52. The zero-order valence-electron chi connectivity index (χ0n) is 12.0. The molecule has 1 fully saturated rings. The van der Waals surface area contributed by atoms with Crippen molar-refractivity contribution in [2.75, 3.05) is 33.2 Å². The lowest BCUT2D eigenvalue weighted by atomic mass is 10.1. The molecule has 1 heterocycles. The van der Waals surface area contributed by atoms with E-state index in [1.807, 2.05) is 14.0 Å². The molecule has 0 aromatic carbocycles. The first-order chi connectivity index (χ1) is 8.04. The third-order valence-electron chi connectivity index (χ3n) is 3.42. The average Bonchev–Trinajstić information content (AvgIpc) is 2.74. The quantitative estimate of drug-likeness (QED) is 0.765. The normalized spacial score (nSPS) is 21.7. The minimum Gasteiger partial charge on any atom is -0.354 e. The maximum absolute atomic E-state index is 11.9. The Morgan fingerprint density at radius 3 is 2.61 bits per heavy atom. The van der Waals surface area contributed by atoms with Crippen LogP contribution < -0.4 is 10.6 Å². The van der Waals surface area contributed by atoms with E-state index in [1.165, 1.54) is 6.42 Å². The van der Waals surface area contributed by atoms with Crippen molar-refractivity contribution in [1.29, 1.82) is 0 Å². The summed E-state index contributed by atoms with van der Waals surface area (Å²) in [4.78, 5) is 14.2. The predicted molar refractivity (Wildman–Crippen MR) is 78.2 cm³/mol. The summed E-state index contributed by atoms with van der Waals surface area (Å²) in [6, 6.07) is 0.00982. The van der Waals surface area contributed by atoms with Crippen LogP contribution in [0.25, 0.3) is 0 Å². The van der Waals surface area contributed by atoms with Gasteiger partial charge < -0.3 is 10.6 Å². The largest absolute Gasteiger partial charge is 0.354 e. The summed E-state index contributed by atoms with van der Waals surface area (Å²) in [5.74, 6) is 1.38. The smallest absolute Gasteiger partial charge is 0.237 e. The van der Waals surface area contributed by atoms with Gasteiger partial charge in [-0.2, -0.15) is 0 Å². The highest BCUT2D eigenvalue weighted by molar-refractivity contribution is 5.85. The zero-order valence-corrected chi connectivity index (χ0v) is 12.8. The molecule has 4 nitrogen and oxygen atoms in total. The molecular formula is C13H28ClN3O. The number of nitrogens with zero attached hydrogens (tertiary/aromatic N) is 1. The van der Waals surface area contributed by atoms with E-state index in [2.05, 4.69) is 29.4 Å². The number of likely N-dealkylation sites (tertiary alicyclic amines) is 1. The summed E-state index contributed by atoms with van der Waals surface area (Å²) in [7, 11) is 1.99. The number of hydrogen-bond acceptors (Lipinski definition) is 3. The Hall–Kier alpha value is -0.320. The number of rotatable bonds is 6. The molecule has 1 aliphatic rings. The summed E-state index contributed by atoms with van der Waals surface area (Å²) in [5, 5.41) is 6.22. The van der Waals surface area contributed by atoms with Gasteiger partial charge in [0.05, 0.1) is 6.04 Å². The Bertz CT molecular complexity index is 248. The summed E-state index contributed by atoms with van der Waals surface area (Å²) in [6.07, 6.45) is 1.20. The molecule has 2 N–H and O–H groups in total. The van der Waals surface area contributed by atoms with Gasteiger partial charge in [0.15, 0.2) is 0 Å². The average molecular weight is 278 g/mol. The fourth-order valence-electron chi connectivity index (χ4n) is 2.29. The third-order valence-corrected chi connectivity index (χ3v) is 3.42.